The monoisotopic (exact) mass is 286 g/mol. The summed E-state index contributed by atoms with van der Waals surface area (Å²) < 4.78 is 10.7. The molecule has 0 spiro atoms. The summed E-state index contributed by atoms with van der Waals surface area (Å²) in [7, 11) is 0. The normalized spacial score (nSPS) is 13.8. The van der Waals surface area contributed by atoms with E-state index in [-0.39, 0.29) is 18.4 Å². The molecule has 0 aliphatic rings. The Hall–Kier alpha value is -1.06. The maximum absolute atomic E-state index is 12.1. The Bertz CT molecular complexity index is 320. The van der Waals surface area contributed by atoms with Crippen molar-refractivity contribution < 1.29 is 19.1 Å². The van der Waals surface area contributed by atoms with Gasteiger partial charge in [0.2, 0.25) is 0 Å². The van der Waals surface area contributed by atoms with E-state index in [2.05, 4.69) is 6.92 Å². The van der Waals surface area contributed by atoms with Crippen molar-refractivity contribution in [2.45, 2.75) is 85.4 Å². The minimum absolute atomic E-state index is 0.0895. The van der Waals surface area contributed by atoms with Crippen LogP contribution in [0.2, 0.25) is 0 Å². The van der Waals surface area contributed by atoms with E-state index < -0.39 is 17.1 Å². The second-order valence-corrected chi connectivity index (χ2v) is 7.16. The fourth-order valence-electron chi connectivity index (χ4n) is 1.72. The Morgan fingerprint density at radius 1 is 0.950 bits per heavy atom. The molecule has 0 radical (unpaired) electrons. The highest BCUT2D eigenvalue weighted by Crippen LogP contribution is 2.21. The summed E-state index contributed by atoms with van der Waals surface area (Å²) in [4.78, 5) is 24.0. The van der Waals surface area contributed by atoms with Gasteiger partial charge in [0.25, 0.3) is 0 Å². The molecule has 0 saturated carbocycles. The maximum Gasteiger partial charge on any atom is 0.310 e. The SMILES string of the molecule is CCCCC(CC(=O)OC(C)(C)C)C(=O)OC(C)(C)C. The quantitative estimate of drug-likeness (QED) is 0.696. The van der Waals surface area contributed by atoms with E-state index in [1.54, 1.807) is 0 Å². The summed E-state index contributed by atoms with van der Waals surface area (Å²) in [5.74, 6) is -1.06. The summed E-state index contributed by atoms with van der Waals surface area (Å²) >= 11 is 0. The second kappa shape index (κ2) is 7.65. The van der Waals surface area contributed by atoms with Gasteiger partial charge >= 0.3 is 11.9 Å². The molecule has 0 aromatic carbocycles. The van der Waals surface area contributed by atoms with Crippen molar-refractivity contribution in [2.75, 3.05) is 0 Å². The molecule has 118 valence electrons. The number of ether oxygens (including phenoxy) is 2. The molecule has 4 heteroatoms. The van der Waals surface area contributed by atoms with Crippen LogP contribution < -0.4 is 0 Å². The van der Waals surface area contributed by atoms with Crippen molar-refractivity contribution in [1.29, 1.82) is 0 Å². The second-order valence-electron chi connectivity index (χ2n) is 7.16. The fraction of sp³-hybridized carbons (Fsp3) is 0.875. The molecule has 0 aromatic rings. The van der Waals surface area contributed by atoms with Gasteiger partial charge in [-0.3, -0.25) is 9.59 Å². The number of unbranched alkanes of at least 4 members (excludes halogenated alkanes) is 1. The van der Waals surface area contributed by atoms with Gasteiger partial charge in [0, 0.05) is 0 Å². The van der Waals surface area contributed by atoms with Gasteiger partial charge in [0.05, 0.1) is 12.3 Å². The summed E-state index contributed by atoms with van der Waals surface area (Å²) in [6.07, 6.45) is 2.62. The molecule has 0 amide bonds. The van der Waals surface area contributed by atoms with Gasteiger partial charge < -0.3 is 9.47 Å². The van der Waals surface area contributed by atoms with Crippen LogP contribution in [0.25, 0.3) is 0 Å². The zero-order chi connectivity index (χ0) is 16.0. The minimum Gasteiger partial charge on any atom is -0.460 e. The van der Waals surface area contributed by atoms with Crippen LogP contribution >= 0.6 is 0 Å². The zero-order valence-electron chi connectivity index (χ0n) is 14.0. The molecule has 0 heterocycles. The molecule has 0 saturated heterocycles. The number of carbonyl (C=O) groups is 2. The van der Waals surface area contributed by atoms with Gasteiger partial charge in [-0.1, -0.05) is 19.8 Å². The first-order valence-electron chi connectivity index (χ1n) is 7.39. The topological polar surface area (TPSA) is 52.6 Å². The minimum atomic E-state index is -0.532. The van der Waals surface area contributed by atoms with Crippen LogP contribution in [0.1, 0.15) is 74.1 Å². The highest BCUT2D eigenvalue weighted by atomic mass is 16.6. The molecule has 0 aliphatic carbocycles. The highest BCUT2D eigenvalue weighted by molar-refractivity contribution is 5.80. The number of hydrogen-bond acceptors (Lipinski definition) is 4. The summed E-state index contributed by atoms with van der Waals surface area (Å²) in [6.45, 7) is 13.0. The van der Waals surface area contributed by atoms with Crippen molar-refractivity contribution in [1.82, 2.24) is 0 Å². The number of hydrogen-bond donors (Lipinski definition) is 0. The molecule has 1 atom stereocenters. The molecule has 20 heavy (non-hydrogen) atoms. The standard InChI is InChI=1S/C16H30O4/c1-8-9-10-12(14(18)20-16(5,6)7)11-13(17)19-15(2,3)4/h12H,8-11H2,1-7H3. The molecule has 0 aliphatic heterocycles. The molecule has 1 unspecified atom stereocenters. The lowest BCUT2D eigenvalue weighted by Gasteiger charge is -2.25. The lowest BCUT2D eigenvalue weighted by molar-refractivity contribution is -0.167. The third kappa shape index (κ3) is 9.82. The van der Waals surface area contributed by atoms with Gasteiger partial charge in [-0.15, -0.1) is 0 Å². The maximum atomic E-state index is 12.1. The van der Waals surface area contributed by atoms with E-state index in [1.807, 2.05) is 41.5 Å². The van der Waals surface area contributed by atoms with E-state index in [4.69, 9.17) is 9.47 Å². The molecule has 0 N–H and O–H groups in total. The molecule has 0 rings (SSSR count). The molecular formula is C16H30O4. The summed E-state index contributed by atoms with van der Waals surface area (Å²) in [5.41, 5.74) is -1.06. The number of rotatable bonds is 6. The Balaban J connectivity index is 4.63. The molecule has 0 aromatic heterocycles. The van der Waals surface area contributed by atoms with Crippen LogP contribution in [-0.2, 0) is 19.1 Å². The molecular weight excluding hydrogens is 256 g/mol. The van der Waals surface area contributed by atoms with Gasteiger partial charge in [0.15, 0.2) is 0 Å². The first-order valence-corrected chi connectivity index (χ1v) is 7.39. The Labute approximate surface area is 123 Å². The predicted molar refractivity (Wildman–Crippen MR) is 79.3 cm³/mol. The van der Waals surface area contributed by atoms with E-state index in [0.29, 0.717) is 6.42 Å². The number of esters is 2. The molecule has 0 bridgehead atoms. The lowest BCUT2D eigenvalue weighted by atomic mass is 9.98. The predicted octanol–water partition coefficient (Wildman–Crippen LogP) is 3.87. The van der Waals surface area contributed by atoms with E-state index in [0.717, 1.165) is 12.8 Å². The van der Waals surface area contributed by atoms with Crippen molar-refractivity contribution in [3.05, 3.63) is 0 Å². The zero-order valence-corrected chi connectivity index (χ0v) is 14.0. The average Bonchev–Trinajstić information content (AvgIpc) is 2.18. The first-order chi connectivity index (χ1) is 8.94. The molecule has 0 fully saturated rings. The van der Waals surface area contributed by atoms with Crippen LogP contribution in [0.3, 0.4) is 0 Å². The van der Waals surface area contributed by atoms with E-state index in [1.165, 1.54) is 0 Å². The summed E-state index contributed by atoms with van der Waals surface area (Å²) in [5, 5.41) is 0. The van der Waals surface area contributed by atoms with Crippen LogP contribution in [0.4, 0.5) is 0 Å². The third-order valence-corrected chi connectivity index (χ3v) is 2.48. The lowest BCUT2D eigenvalue weighted by Crippen LogP contribution is -2.32. The van der Waals surface area contributed by atoms with Gasteiger partial charge in [0.1, 0.15) is 11.2 Å². The fourth-order valence-corrected chi connectivity index (χ4v) is 1.72. The Morgan fingerprint density at radius 3 is 1.85 bits per heavy atom. The summed E-state index contributed by atoms with van der Waals surface area (Å²) in [6, 6.07) is 0. The van der Waals surface area contributed by atoms with Crippen LogP contribution in [0, 0.1) is 5.92 Å². The van der Waals surface area contributed by atoms with Crippen molar-refractivity contribution in [3.8, 4) is 0 Å². The largest absolute Gasteiger partial charge is 0.460 e. The van der Waals surface area contributed by atoms with Gasteiger partial charge in [-0.25, -0.2) is 0 Å². The van der Waals surface area contributed by atoms with Crippen LogP contribution in [0.5, 0.6) is 0 Å². The third-order valence-electron chi connectivity index (χ3n) is 2.48. The van der Waals surface area contributed by atoms with Crippen molar-refractivity contribution in [2.24, 2.45) is 5.92 Å². The van der Waals surface area contributed by atoms with Crippen molar-refractivity contribution >= 4 is 11.9 Å². The van der Waals surface area contributed by atoms with Gasteiger partial charge in [-0.2, -0.15) is 0 Å². The van der Waals surface area contributed by atoms with E-state index in [9.17, 15) is 9.59 Å². The Morgan fingerprint density at radius 2 is 1.45 bits per heavy atom. The van der Waals surface area contributed by atoms with E-state index >= 15 is 0 Å². The smallest absolute Gasteiger partial charge is 0.310 e. The molecule has 4 nitrogen and oxygen atoms in total. The van der Waals surface area contributed by atoms with Crippen molar-refractivity contribution in [3.63, 3.8) is 0 Å². The van der Waals surface area contributed by atoms with Crippen LogP contribution in [-0.4, -0.2) is 23.1 Å². The van der Waals surface area contributed by atoms with Crippen LogP contribution in [0.15, 0.2) is 0 Å². The first kappa shape index (κ1) is 18.9. The van der Waals surface area contributed by atoms with Gasteiger partial charge in [-0.05, 0) is 48.0 Å². The Kier molecular flexibility index (Phi) is 7.25. The highest BCUT2D eigenvalue weighted by Gasteiger charge is 2.28. The average molecular weight is 286 g/mol. The number of carbonyl (C=O) groups excluding carboxylic acids is 2.